The highest BCUT2D eigenvalue weighted by molar-refractivity contribution is 5.69. The Labute approximate surface area is 296 Å². The van der Waals surface area contributed by atoms with Crippen molar-refractivity contribution < 1.29 is 19.1 Å². The van der Waals surface area contributed by atoms with Gasteiger partial charge in [0.1, 0.15) is 12.2 Å². The summed E-state index contributed by atoms with van der Waals surface area (Å²) in [6, 6.07) is 39.4. The van der Waals surface area contributed by atoms with Crippen molar-refractivity contribution in [3.63, 3.8) is 0 Å². The van der Waals surface area contributed by atoms with Crippen LogP contribution in [0, 0.1) is 0 Å². The van der Waals surface area contributed by atoms with Crippen LogP contribution in [0.3, 0.4) is 0 Å². The Morgan fingerprint density at radius 1 is 0.540 bits per heavy atom. The van der Waals surface area contributed by atoms with Gasteiger partial charge in [-0.25, -0.2) is 9.59 Å². The highest BCUT2D eigenvalue weighted by Crippen LogP contribution is 2.25. The molecule has 0 saturated carbocycles. The number of hydrogen-bond donors (Lipinski definition) is 2. The summed E-state index contributed by atoms with van der Waals surface area (Å²) in [5.41, 5.74) is 5.23. The molecular formula is C42H48N4O4. The van der Waals surface area contributed by atoms with Gasteiger partial charge < -0.3 is 20.1 Å². The van der Waals surface area contributed by atoms with Crippen LogP contribution in [0.4, 0.5) is 9.59 Å². The van der Waals surface area contributed by atoms with E-state index >= 15 is 0 Å². The molecule has 8 heteroatoms. The van der Waals surface area contributed by atoms with E-state index in [4.69, 9.17) is 9.47 Å². The Balaban J connectivity index is 0.892. The first kappa shape index (κ1) is 34.9. The van der Waals surface area contributed by atoms with Gasteiger partial charge in [0.05, 0.1) is 12.1 Å². The van der Waals surface area contributed by atoms with Crippen LogP contribution in [-0.4, -0.2) is 73.5 Å². The summed E-state index contributed by atoms with van der Waals surface area (Å²) < 4.78 is 11.8. The third-order valence-electron chi connectivity index (χ3n) is 9.57. The molecule has 0 bridgehead atoms. The lowest BCUT2D eigenvalue weighted by Crippen LogP contribution is -2.43. The minimum atomic E-state index is -0.386. The van der Waals surface area contributed by atoms with Gasteiger partial charge in [-0.15, -0.1) is 0 Å². The molecule has 4 aromatic carbocycles. The molecule has 0 unspecified atom stereocenters. The summed E-state index contributed by atoms with van der Waals surface area (Å²) in [4.78, 5) is 30.8. The number of nitrogens with one attached hydrogen (secondary N) is 2. The molecule has 2 aliphatic rings. The molecule has 8 nitrogen and oxygen atoms in total. The maximum atomic E-state index is 13.0. The fourth-order valence-electron chi connectivity index (χ4n) is 6.96. The second kappa shape index (κ2) is 17.7. The van der Waals surface area contributed by atoms with Crippen molar-refractivity contribution >= 4 is 12.2 Å². The van der Waals surface area contributed by atoms with Crippen molar-refractivity contribution in [1.29, 1.82) is 0 Å². The quantitative estimate of drug-likeness (QED) is 0.152. The van der Waals surface area contributed by atoms with Crippen molar-refractivity contribution in [2.24, 2.45) is 0 Å². The van der Waals surface area contributed by atoms with Gasteiger partial charge >= 0.3 is 12.2 Å². The minimum absolute atomic E-state index is 0.112. The number of benzene rings is 4. The van der Waals surface area contributed by atoms with E-state index in [1.54, 1.807) is 0 Å². The molecule has 260 valence electrons. The lowest BCUT2D eigenvalue weighted by atomic mass is 9.99. The van der Waals surface area contributed by atoms with E-state index in [1.807, 2.05) is 121 Å². The first-order valence-electron chi connectivity index (χ1n) is 17.8. The van der Waals surface area contributed by atoms with E-state index in [9.17, 15) is 9.59 Å². The average Bonchev–Trinajstić information content (AvgIpc) is 3.16. The molecule has 2 amide bonds. The normalized spacial score (nSPS) is 16.2. The van der Waals surface area contributed by atoms with Crippen molar-refractivity contribution in [1.82, 2.24) is 20.4 Å². The second-order valence-electron chi connectivity index (χ2n) is 13.3. The Morgan fingerprint density at radius 3 is 1.10 bits per heavy atom. The topological polar surface area (TPSA) is 83.1 Å². The van der Waals surface area contributed by atoms with Gasteiger partial charge in [-0.3, -0.25) is 9.80 Å². The van der Waals surface area contributed by atoms with Crippen molar-refractivity contribution in [3.8, 4) is 0 Å². The molecule has 2 heterocycles. The fourth-order valence-corrected chi connectivity index (χ4v) is 6.96. The number of hydrogen-bond acceptors (Lipinski definition) is 6. The number of amides is 2. The number of piperidine rings is 2. The van der Waals surface area contributed by atoms with Crippen LogP contribution in [0.1, 0.15) is 60.0 Å². The van der Waals surface area contributed by atoms with Crippen molar-refractivity contribution in [2.75, 3.05) is 39.3 Å². The lowest BCUT2D eigenvalue weighted by Gasteiger charge is -2.35. The molecule has 6 rings (SSSR count). The van der Waals surface area contributed by atoms with Gasteiger partial charge in [-0.05, 0) is 53.5 Å². The fraction of sp³-hybridized carbons (Fsp3) is 0.333. The van der Waals surface area contributed by atoms with Crippen LogP contribution >= 0.6 is 0 Å². The molecule has 2 saturated heterocycles. The van der Waals surface area contributed by atoms with E-state index < -0.39 is 0 Å². The van der Waals surface area contributed by atoms with Crippen molar-refractivity contribution in [2.45, 2.75) is 50.0 Å². The number of alkyl carbamates (subject to hydrolysis) is 2. The van der Waals surface area contributed by atoms with Crippen LogP contribution in [0.25, 0.3) is 0 Å². The number of ether oxygens (including phenoxy) is 2. The number of likely N-dealkylation sites (tertiary alicyclic amines) is 2. The minimum Gasteiger partial charge on any atom is -0.446 e. The molecular weight excluding hydrogens is 624 g/mol. The average molecular weight is 673 g/mol. The van der Waals surface area contributed by atoms with Gasteiger partial charge in [0.2, 0.25) is 0 Å². The number of nitrogens with zero attached hydrogens (tertiary/aromatic N) is 2. The molecule has 2 aliphatic heterocycles. The first-order valence-corrected chi connectivity index (χ1v) is 17.8. The zero-order valence-corrected chi connectivity index (χ0v) is 28.7. The largest absolute Gasteiger partial charge is 0.446 e. The van der Waals surface area contributed by atoms with Crippen LogP contribution in [0.15, 0.2) is 133 Å². The van der Waals surface area contributed by atoms with Crippen LogP contribution in [0.2, 0.25) is 0 Å². The van der Waals surface area contributed by atoms with E-state index in [0.717, 1.165) is 87.2 Å². The molecule has 0 atom stereocenters. The summed E-state index contributed by atoms with van der Waals surface area (Å²) in [7, 11) is 0. The van der Waals surface area contributed by atoms with E-state index in [1.165, 1.54) is 5.57 Å². The monoisotopic (exact) mass is 672 g/mol. The Kier molecular flexibility index (Phi) is 12.3. The van der Waals surface area contributed by atoms with E-state index in [2.05, 4.69) is 27.0 Å². The van der Waals surface area contributed by atoms with Gasteiger partial charge in [0.25, 0.3) is 0 Å². The van der Waals surface area contributed by atoms with Gasteiger partial charge in [0.15, 0.2) is 0 Å². The Bertz CT molecular complexity index is 1440. The molecule has 0 spiro atoms. The number of carbonyl (C=O) groups excluding carboxylic acids is 2. The molecule has 50 heavy (non-hydrogen) atoms. The molecule has 2 N–H and O–H groups in total. The zero-order chi connectivity index (χ0) is 34.5. The van der Waals surface area contributed by atoms with Crippen LogP contribution < -0.4 is 10.6 Å². The standard InChI is InChI=1S/C42H48N4O4/c1-32(30-45-26-22-37(23-27-45)49-41(47)43-39(33-14-6-2-7-15-33)34-16-8-3-9-17-34)31-46-28-24-38(25-29-46)50-42(48)44-40(35-18-10-4-11-19-35)36-20-12-5-13-21-36/h2-21,37-40H,1,22-31H2,(H,43,47)(H,44,48). The third kappa shape index (κ3) is 10.1. The summed E-state index contributed by atoms with van der Waals surface area (Å²) in [5, 5.41) is 6.19. The molecule has 4 aromatic rings. The summed E-state index contributed by atoms with van der Waals surface area (Å²) in [5.74, 6) is 0. The SMILES string of the molecule is C=C(CN1CCC(OC(=O)NC(c2ccccc2)c2ccccc2)CC1)CN1CCC(OC(=O)NC(c2ccccc2)c2ccccc2)CC1. The second-order valence-corrected chi connectivity index (χ2v) is 13.3. The van der Waals surface area contributed by atoms with Gasteiger partial charge in [-0.1, -0.05) is 128 Å². The Morgan fingerprint density at radius 2 is 0.820 bits per heavy atom. The van der Waals surface area contributed by atoms with Crippen LogP contribution in [-0.2, 0) is 9.47 Å². The molecule has 0 aliphatic carbocycles. The van der Waals surface area contributed by atoms with Gasteiger partial charge in [0, 0.05) is 39.3 Å². The lowest BCUT2D eigenvalue weighted by molar-refractivity contribution is 0.0480. The maximum absolute atomic E-state index is 13.0. The predicted octanol–water partition coefficient (Wildman–Crippen LogP) is 7.50. The highest BCUT2D eigenvalue weighted by atomic mass is 16.6. The highest BCUT2D eigenvalue weighted by Gasteiger charge is 2.27. The zero-order valence-electron chi connectivity index (χ0n) is 28.7. The number of rotatable bonds is 12. The van der Waals surface area contributed by atoms with E-state index in [-0.39, 0.29) is 36.5 Å². The van der Waals surface area contributed by atoms with E-state index in [0.29, 0.717) is 0 Å². The van der Waals surface area contributed by atoms with Gasteiger partial charge in [-0.2, -0.15) is 0 Å². The summed E-state index contributed by atoms with van der Waals surface area (Å²) in [6.45, 7) is 9.46. The molecule has 2 fully saturated rings. The predicted molar refractivity (Wildman–Crippen MR) is 197 cm³/mol. The first-order chi connectivity index (χ1) is 24.5. The summed E-state index contributed by atoms with van der Waals surface area (Å²) >= 11 is 0. The molecule has 0 radical (unpaired) electrons. The van der Waals surface area contributed by atoms with Crippen molar-refractivity contribution in [3.05, 3.63) is 156 Å². The Hall–Kier alpha value is -4.92. The molecule has 0 aromatic heterocycles. The smallest absolute Gasteiger partial charge is 0.408 e. The third-order valence-corrected chi connectivity index (χ3v) is 9.57. The summed E-state index contributed by atoms with van der Waals surface area (Å²) in [6.07, 6.45) is 2.18. The maximum Gasteiger partial charge on any atom is 0.408 e. The van der Waals surface area contributed by atoms with Crippen LogP contribution in [0.5, 0.6) is 0 Å². The number of carbonyl (C=O) groups is 2.